The number of alkyl halides is 3. The van der Waals surface area contributed by atoms with Crippen LogP contribution < -0.4 is 5.32 Å². The summed E-state index contributed by atoms with van der Waals surface area (Å²) < 4.78 is 38.9. The zero-order chi connectivity index (χ0) is 26.9. The van der Waals surface area contributed by atoms with E-state index in [2.05, 4.69) is 16.9 Å². The highest BCUT2D eigenvalue weighted by Crippen LogP contribution is 2.39. The average molecular weight is 527 g/mol. The number of nitrogens with one attached hydrogen (secondary N) is 1. The predicted molar refractivity (Wildman–Crippen MR) is 137 cm³/mol. The maximum Gasteiger partial charge on any atom is 0.416 e. The summed E-state index contributed by atoms with van der Waals surface area (Å²) in [5.74, 6) is -1.68. The van der Waals surface area contributed by atoms with Crippen molar-refractivity contribution < 1.29 is 22.8 Å². The number of nitrogens with zero attached hydrogens (tertiary/aromatic N) is 1. The molecule has 192 valence electrons. The zero-order valence-electron chi connectivity index (χ0n) is 20.5. The van der Waals surface area contributed by atoms with Crippen LogP contribution in [-0.4, -0.2) is 16.6 Å². The molecular formula is C29H26ClF3N2O2. The van der Waals surface area contributed by atoms with Gasteiger partial charge in [0.25, 0.3) is 0 Å². The number of allylic oxidation sites excluding steroid dienone is 1. The molecule has 0 aliphatic heterocycles. The third-order valence-electron chi connectivity index (χ3n) is 6.65. The molecule has 2 atom stereocenters. The molecule has 1 aliphatic rings. The highest BCUT2D eigenvalue weighted by molar-refractivity contribution is 6.30. The highest BCUT2D eigenvalue weighted by Gasteiger charge is 2.43. The Hall–Kier alpha value is -3.45. The largest absolute Gasteiger partial charge is 0.416 e. The fourth-order valence-corrected chi connectivity index (χ4v) is 5.09. The molecule has 4 rings (SSSR count). The number of hydrogen-bond donors (Lipinski definition) is 1. The molecule has 1 aromatic heterocycles. The minimum absolute atomic E-state index is 0.101. The summed E-state index contributed by atoms with van der Waals surface area (Å²) in [7, 11) is 0. The van der Waals surface area contributed by atoms with Gasteiger partial charge < -0.3 is 5.32 Å². The molecule has 1 aliphatic carbocycles. The highest BCUT2D eigenvalue weighted by atomic mass is 35.5. The number of carbonyl (C=O) groups is 2. The van der Waals surface area contributed by atoms with Gasteiger partial charge in [0.1, 0.15) is 11.7 Å². The van der Waals surface area contributed by atoms with E-state index in [1.165, 1.54) is 6.07 Å². The lowest BCUT2D eigenvalue weighted by Gasteiger charge is -2.18. The lowest BCUT2D eigenvalue weighted by atomic mass is 9.85. The van der Waals surface area contributed by atoms with Gasteiger partial charge >= 0.3 is 6.18 Å². The topological polar surface area (TPSA) is 59.1 Å². The second-order valence-electron chi connectivity index (χ2n) is 9.45. The Kier molecular flexibility index (Phi) is 7.55. The van der Waals surface area contributed by atoms with Gasteiger partial charge in [-0.1, -0.05) is 30.3 Å². The maximum absolute atomic E-state index is 13.3. The van der Waals surface area contributed by atoms with Crippen LogP contribution in [0.4, 0.5) is 13.2 Å². The van der Waals surface area contributed by atoms with Crippen molar-refractivity contribution in [1.29, 1.82) is 0 Å². The molecule has 1 fully saturated rings. The first kappa shape index (κ1) is 26.6. The Morgan fingerprint density at radius 1 is 1.11 bits per heavy atom. The molecule has 8 heteroatoms. The van der Waals surface area contributed by atoms with Gasteiger partial charge in [-0.3, -0.25) is 14.6 Å². The molecule has 0 bridgehead atoms. The number of pyridine rings is 1. The molecule has 0 spiro atoms. The minimum atomic E-state index is -4.42. The van der Waals surface area contributed by atoms with E-state index in [9.17, 15) is 22.8 Å². The van der Waals surface area contributed by atoms with Gasteiger partial charge in [0.15, 0.2) is 5.78 Å². The van der Waals surface area contributed by atoms with Crippen LogP contribution in [0.15, 0.2) is 67.0 Å². The van der Waals surface area contributed by atoms with Crippen LogP contribution in [0.25, 0.3) is 11.3 Å². The van der Waals surface area contributed by atoms with E-state index in [4.69, 9.17) is 11.6 Å². The van der Waals surface area contributed by atoms with Crippen molar-refractivity contribution in [3.63, 3.8) is 0 Å². The predicted octanol–water partition coefficient (Wildman–Crippen LogP) is 6.97. The van der Waals surface area contributed by atoms with E-state index in [0.717, 1.165) is 28.8 Å². The maximum atomic E-state index is 13.3. The number of aryl methyl sites for hydroxylation is 2. The molecule has 1 N–H and O–H groups in total. The first-order chi connectivity index (χ1) is 17.4. The van der Waals surface area contributed by atoms with Crippen LogP contribution in [0.1, 0.15) is 46.6 Å². The number of ketones is 2. The zero-order valence-corrected chi connectivity index (χ0v) is 21.2. The van der Waals surface area contributed by atoms with Crippen molar-refractivity contribution in [2.45, 2.75) is 45.3 Å². The molecule has 1 saturated carbocycles. The van der Waals surface area contributed by atoms with E-state index < -0.39 is 23.6 Å². The van der Waals surface area contributed by atoms with Gasteiger partial charge in [-0.05, 0) is 78.9 Å². The number of carbonyl (C=O) groups excluding carboxylic acids is 2. The Labute approximate surface area is 218 Å². The van der Waals surface area contributed by atoms with Crippen molar-refractivity contribution in [1.82, 2.24) is 10.3 Å². The van der Waals surface area contributed by atoms with Crippen LogP contribution in [0, 0.1) is 19.8 Å². The number of benzene rings is 2. The smallest absolute Gasteiger partial charge is 0.385 e. The molecule has 0 amide bonds. The lowest BCUT2D eigenvalue weighted by Crippen LogP contribution is -2.20. The van der Waals surface area contributed by atoms with E-state index in [0.29, 0.717) is 27.5 Å². The summed E-state index contributed by atoms with van der Waals surface area (Å²) in [6, 6.07) is 12.3. The van der Waals surface area contributed by atoms with Crippen LogP contribution in [-0.2, 0) is 22.3 Å². The number of hydrogen-bond acceptors (Lipinski definition) is 4. The van der Waals surface area contributed by atoms with Crippen molar-refractivity contribution >= 4 is 23.2 Å². The third-order valence-corrected chi connectivity index (χ3v) is 6.88. The summed E-state index contributed by atoms with van der Waals surface area (Å²) in [5.41, 5.74) is 4.14. The van der Waals surface area contributed by atoms with Crippen LogP contribution >= 0.6 is 11.6 Å². The van der Waals surface area contributed by atoms with Gasteiger partial charge in [-0.2, -0.15) is 13.2 Å². The van der Waals surface area contributed by atoms with Crippen LogP contribution in [0.5, 0.6) is 0 Å². The molecule has 2 aromatic carbocycles. The van der Waals surface area contributed by atoms with E-state index >= 15 is 0 Å². The monoisotopic (exact) mass is 526 g/mol. The minimum Gasteiger partial charge on any atom is -0.385 e. The van der Waals surface area contributed by atoms with E-state index in [1.54, 1.807) is 24.4 Å². The number of halogens is 4. The fourth-order valence-electron chi connectivity index (χ4n) is 4.93. The van der Waals surface area contributed by atoms with Gasteiger partial charge in [0.2, 0.25) is 0 Å². The standard InChI is InChI=1S/C29H26ClF3N2O2/c1-16-9-20(24-14-23(30)7-8-34-24)10-17(2)26(16)27-25(36)13-21(28(27)37)11-18(3)35-15-19-5-4-6-22(12-19)29(31,32)33/h4-10,12,14,21,27,35H,3,11,13,15H2,1-2H3. The molecule has 2 unspecified atom stereocenters. The average Bonchev–Trinajstić information content (AvgIpc) is 3.09. The molecule has 0 saturated heterocycles. The number of rotatable bonds is 7. The number of Topliss-reactive ketones (excluding diaryl/α,β-unsaturated/α-hetero) is 2. The lowest BCUT2D eigenvalue weighted by molar-refractivity contribution is -0.137. The summed E-state index contributed by atoms with van der Waals surface area (Å²) in [5, 5.41) is 3.57. The molecule has 4 nitrogen and oxygen atoms in total. The van der Waals surface area contributed by atoms with Gasteiger partial charge in [0.05, 0.1) is 11.3 Å². The van der Waals surface area contributed by atoms with E-state index in [1.807, 2.05) is 26.0 Å². The SMILES string of the molecule is C=C(CC1CC(=O)C(c2c(C)cc(-c3cc(Cl)ccn3)cc2C)C1=O)NCc1cccc(C(F)(F)F)c1. The molecular weight excluding hydrogens is 501 g/mol. The first-order valence-corrected chi connectivity index (χ1v) is 12.2. The normalized spacial score (nSPS) is 17.8. The number of aromatic nitrogens is 1. The molecule has 37 heavy (non-hydrogen) atoms. The molecule has 1 heterocycles. The summed E-state index contributed by atoms with van der Waals surface area (Å²) in [6.07, 6.45) is -2.45. The van der Waals surface area contributed by atoms with Crippen LogP contribution in [0.2, 0.25) is 5.02 Å². The van der Waals surface area contributed by atoms with Crippen molar-refractivity contribution in [3.05, 3.63) is 99.8 Å². The Morgan fingerprint density at radius 2 is 1.81 bits per heavy atom. The van der Waals surface area contributed by atoms with Gasteiger partial charge in [0, 0.05) is 41.4 Å². The first-order valence-electron chi connectivity index (χ1n) is 11.8. The van der Waals surface area contributed by atoms with Crippen molar-refractivity contribution in [2.24, 2.45) is 5.92 Å². The second kappa shape index (κ2) is 10.5. The van der Waals surface area contributed by atoms with Crippen LogP contribution in [0.3, 0.4) is 0 Å². The molecule has 3 aromatic rings. The van der Waals surface area contributed by atoms with Gasteiger partial charge in [-0.25, -0.2) is 0 Å². The van der Waals surface area contributed by atoms with Crippen molar-refractivity contribution in [2.75, 3.05) is 0 Å². The van der Waals surface area contributed by atoms with Crippen molar-refractivity contribution in [3.8, 4) is 11.3 Å². The third kappa shape index (κ3) is 5.93. The second-order valence-corrected chi connectivity index (χ2v) is 9.88. The van der Waals surface area contributed by atoms with Gasteiger partial charge in [-0.15, -0.1) is 0 Å². The Balaban J connectivity index is 1.45. The Bertz CT molecular complexity index is 1360. The Morgan fingerprint density at radius 3 is 2.46 bits per heavy atom. The summed E-state index contributed by atoms with van der Waals surface area (Å²) >= 11 is 6.10. The molecule has 0 radical (unpaired) electrons. The summed E-state index contributed by atoms with van der Waals surface area (Å²) in [4.78, 5) is 30.7. The van der Waals surface area contributed by atoms with E-state index in [-0.39, 0.29) is 31.0 Å². The fraction of sp³-hybridized carbons (Fsp3) is 0.276. The summed E-state index contributed by atoms with van der Waals surface area (Å²) in [6.45, 7) is 7.82. The quantitative estimate of drug-likeness (QED) is 0.338.